The van der Waals surface area contributed by atoms with E-state index in [1.165, 1.54) is 0 Å². The number of carbonyl (C=O) groups excluding carboxylic acids is 2. The minimum Gasteiger partial charge on any atom is -0.497 e. The van der Waals surface area contributed by atoms with E-state index < -0.39 is 0 Å². The highest BCUT2D eigenvalue weighted by Gasteiger charge is 2.28. The van der Waals surface area contributed by atoms with Crippen LogP contribution >= 0.6 is 0 Å². The van der Waals surface area contributed by atoms with E-state index in [2.05, 4.69) is 5.32 Å². The molecular formula is C24H30N2O6. The Balaban J connectivity index is 1.63. The summed E-state index contributed by atoms with van der Waals surface area (Å²) >= 11 is 0. The molecule has 0 spiro atoms. The predicted octanol–water partition coefficient (Wildman–Crippen LogP) is 3.52. The molecule has 1 N–H and O–H groups in total. The van der Waals surface area contributed by atoms with Crippen LogP contribution < -0.4 is 24.3 Å². The van der Waals surface area contributed by atoms with Gasteiger partial charge in [-0.1, -0.05) is 0 Å². The second kappa shape index (κ2) is 10.3. The van der Waals surface area contributed by atoms with Gasteiger partial charge in [0.2, 0.25) is 5.91 Å². The maximum atomic E-state index is 13.0. The van der Waals surface area contributed by atoms with Crippen LogP contribution in [0.3, 0.4) is 0 Å². The summed E-state index contributed by atoms with van der Waals surface area (Å²) < 4.78 is 21.2. The Hall–Kier alpha value is -3.42. The highest BCUT2D eigenvalue weighted by atomic mass is 16.5. The Bertz CT molecular complexity index is 960. The van der Waals surface area contributed by atoms with Crippen molar-refractivity contribution < 1.29 is 28.5 Å². The molecule has 2 amide bonds. The van der Waals surface area contributed by atoms with Crippen molar-refractivity contribution >= 4 is 17.5 Å². The van der Waals surface area contributed by atoms with Crippen molar-refractivity contribution in [1.29, 1.82) is 0 Å². The van der Waals surface area contributed by atoms with Crippen LogP contribution in [0, 0.1) is 12.8 Å². The van der Waals surface area contributed by atoms with Crippen molar-refractivity contribution in [2.75, 3.05) is 46.8 Å². The van der Waals surface area contributed by atoms with Gasteiger partial charge in [0.1, 0.15) is 11.5 Å². The number of aryl methyl sites for hydroxylation is 1. The van der Waals surface area contributed by atoms with E-state index in [4.69, 9.17) is 18.9 Å². The molecule has 1 aliphatic heterocycles. The van der Waals surface area contributed by atoms with Gasteiger partial charge in [-0.3, -0.25) is 9.59 Å². The molecule has 0 atom stereocenters. The molecule has 0 radical (unpaired) electrons. The molecule has 2 aromatic carbocycles. The number of benzene rings is 2. The summed E-state index contributed by atoms with van der Waals surface area (Å²) in [6.07, 6.45) is 1.18. The van der Waals surface area contributed by atoms with Gasteiger partial charge < -0.3 is 29.2 Å². The molecule has 1 heterocycles. The zero-order valence-electron chi connectivity index (χ0n) is 19.2. The molecule has 0 aliphatic carbocycles. The maximum Gasteiger partial charge on any atom is 0.254 e. The van der Waals surface area contributed by atoms with Crippen molar-refractivity contribution in [3.63, 3.8) is 0 Å². The van der Waals surface area contributed by atoms with E-state index in [-0.39, 0.29) is 17.7 Å². The predicted molar refractivity (Wildman–Crippen MR) is 121 cm³/mol. The zero-order valence-corrected chi connectivity index (χ0v) is 19.2. The highest BCUT2D eigenvalue weighted by Crippen LogP contribution is 2.33. The number of ether oxygens (including phenoxy) is 4. The molecule has 0 aromatic heterocycles. The molecule has 0 saturated carbocycles. The number of anilines is 1. The normalized spacial score (nSPS) is 14.0. The topological polar surface area (TPSA) is 86.3 Å². The molecule has 32 heavy (non-hydrogen) atoms. The Morgan fingerprint density at radius 3 is 1.94 bits per heavy atom. The van der Waals surface area contributed by atoms with Crippen LogP contribution in [-0.2, 0) is 4.79 Å². The second-order valence-electron chi connectivity index (χ2n) is 7.68. The Kier molecular flexibility index (Phi) is 7.45. The lowest BCUT2D eigenvalue weighted by atomic mass is 9.95. The summed E-state index contributed by atoms with van der Waals surface area (Å²) in [6, 6.07) is 8.72. The van der Waals surface area contributed by atoms with Gasteiger partial charge in [-0.15, -0.1) is 0 Å². The third-order valence-electron chi connectivity index (χ3n) is 5.74. The molecule has 3 rings (SSSR count). The van der Waals surface area contributed by atoms with Crippen LogP contribution in [0.25, 0.3) is 0 Å². The molecule has 1 saturated heterocycles. The fraction of sp³-hybridized carbons (Fsp3) is 0.417. The molecule has 172 valence electrons. The quantitative estimate of drug-likeness (QED) is 0.706. The molecule has 1 aliphatic rings. The minimum atomic E-state index is -0.175. The first kappa shape index (κ1) is 23.2. The van der Waals surface area contributed by atoms with Gasteiger partial charge in [0.15, 0.2) is 11.5 Å². The highest BCUT2D eigenvalue weighted by molar-refractivity contribution is 5.96. The first-order valence-electron chi connectivity index (χ1n) is 10.5. The fourth-order valence-corrected chi connectivity index (χ4v) is 3.81. The van der Waals surface area contributed by atoms with Crippen molar-refractivity contribution in [2.45, 2.75) is 19.8 Å². The van der Waals surface area contributed by atoms with Gasteiger partial charge in [0.05, 0.1) is 28.4 Å². The Morgan fingerprint density at radius 2 is 1.41 bits per heavy atom. The van der Waals surface area contributed by atoms with E-state index in [0.29, 0.717) is 60.2 Å². The SMILES string of the molecule is COc1cc(OC)cc(C(=O)N2CCC(C(=O)Nc3cc(OC)c(OC)cc3C)CC2)c1. The first-order valence-corrected chi connectivity index (χ1v) is 10.5. The van der Waals surface area contributed by atoms with E-state index in [1.54, 1.807) is 57.6 Å². The van der Waals surface area contributed by atoms with Crippen molar-refractivity contribution in [2.24, 2.45) is 5.92 Å². The number of hydrogen-bond donors (Lipinski definition) is 1. The van der Waals surface area contributed by atoms with Crippen LogP contribution in [-0.4, -0.2) is 58.2 Å². The van der Waals surface area contributed by atoms with E-state index in [0.717, 1.165) is 5.56 Å². The molecule has 0 bridgehead atoms. The van der Waals surface area contributed by atoms with E-state index >= 15 is 0 Å². The van der Waals surface area contributed by atoms with Gasteiger partial charge in [-0.2, -0.15) is 0 Å². The van der Waals surface area contributed by atoms with Crippen LogP contribution in [0.15, 0.2) is 30.3 Å². The fourth-order valence-electron chi connectivity index (χ4n) is 3.81. The van der Waals surface area contributed by atoms with Crippen molar-refractivity contribution in [1.82, 2.24) is 4.90 Å². The van der Waals surface area contributed by atoms with Gasteiger partial charge in [-0.05, 0) is 43.5 Å². The zero-order chi connectivity index (χ0) is 23.3. The summed E-state index contributed by atoms with van der Waals surface area (Å²) in [5.74, 6) is 1.96. The lowest BCUT2D eigenvalue weighted by Crippen LogP contribution is -2.41. The lowest BCUT2D eigenvalue weighted by Gasteiger charge is -2.31. The molecule has 8 nitrogen and oxygen atoms in total. The van der Waals surface area contributed by atoms with Gasteiger partial charge in [0.25, 0.3) is 5.91 Å². The lowest BCUT2D eigenvalue weighted by molar-refractivity contribution is -0.121. The average molecular weight is 443 g/mol. The minimum absolute atomic E-state index is 0.0598. The largest absolute Gasteiger partial charge is 0.497 e. The van der Waals surface area contributed by atoms with Crippen LogP contribution in [0.1, 0.15) is 28.8 Å². The summed E-state index contributed by atoms with van der Waals surface area (Å²) in [5, 5.41) is 3.00. The molecule has 2 aromatic rings. The third-order valence-corrected chi connectivity index (χ3v) is 5.74. The molecule has 1 fully saturated rings. The summed E-state index contributed by atoms with van der Waals surface area (Å²) in [7, 11) is 6.23. The number of likely N-dealkylation sites (tertiary alicyclic amines) is 1. The number of hydrogen-bond acceptors (Lipinski definition) is 6. The van der Waals surface area contributed by atoms with E-state index in [1.807, 2.05) is 13.0 Å². The van der Waals surface area contributed by atoms with E-state index in [9.17, 15) is 9.59 Å². The second-order valence-corrected chi connectivity index (χ2v) is 7.68. The summed E-state index contributed by atoms with van der Waals surface area (Å²) in [5.41, 5.74) is 2.08. The molecular weight excluding hydrogens is 412 g/mol. The third kappa shape index (κ3) is 5.07. The number of nitrogens with one attached hydrogen (secondary N) is 1. The van der Waals surface area contributed by atoms with Crippen molar-refractivity contribution in [3.8, 4) is 23.0 Å². The van der Waals surface area contributed by atoms with Crippen LogP contribution in [0.5, 0.6) is 23.0 Å². The van der Waals surface area contributed by atoms with Gasteiger partial charge >= 0.3 is 0 Å². The van der Waals surface area contributed by atoms with Crippen LogP contribution in [0.2, 0.25) is 0 Å². The number of methoxy groups -OCH3 is 4. The molecule has 8 heteroatoms. The first-order chi connectivity index (χ1) is 15.4. The number of nitrogens with zero attached hydrogens (tertiary/aromatic N) is 1. The summed E-state index contributed by atoms with van der Waals surface area (Å²) in [6.45, 7) is 2.91. The summed E-state index contributed by atoms with van der Waals surface area (Å²) in [4.78, 5) is 27.6. The van der Waals surface area contributed by atoms with Crippen LogP contribution in [0.4, 0.5) is 5.69 Å². The monoisotopic (exact) mass is 442 g/mol. The van der Waals surface area contributed by atoms with Gasteiger partial charge in [0, 0.05) is 42.4 Å². The average Bonchev–Trinajstić information content (AvgIpc) is 2.84. The van der Waals surface area contributed by atoms with Crippen molar-refractivity contribution in [3.05, 3.63) is 41.5 Å². The number of piperidine rings is 1. The standard InChI is InChI=1S/C24H30N2O6/c1-15-10-21(31-4)22(32-5)14-20(15)25-23(27)16-6-8-26(9-7-16)24(28)17-11-18(29-2)13-19(12-17)30-3/h10-14,16H,6-9H2,1-5H3,(H,25,27). The smallest absolute Gasteiger partial charge is 0.254 e. The Morgan fingerprint density at radius 1 is 0.844 bits per heavy atom. The Labute approximate surface area is 188 Å². The number of amides is 2. The number of carbonyl (C=O) groups is 2. The van der Waals surface area contributed by atoms with Gasteiger partial charge in [-0.25, -0.2) is 0 Å². The molecule has 0 unspecified atom stereocenters. The maximum absolute atomic E-state index is 13.0. The number of rotatable bonds is 7.